The van der Waals surface area contributed by atoms with Gasteiger partial charge in [0.1, 0.15) is 12.4 Å². The molecule has 0 unspecified atom stereocenters. The van der Waals surface area contributed by atoms with Gasteiger partial charge >= 0.3 is 5.97 Å². The van der Waals surface area contributed by atoms with Gasteiger partial charge in [-0.3, -0.25) is 0 Å². The summed E-state index contributed by atoms with van der Waals surface area (Å²) < 4.78 is 5.23. The molecule has 2 aromatic rings. The molecule has 108 valence electrons. The molecule has 3 nitrogen and oxygen atoms in total. The van der Waals surface area contributed by atoms with Gasteiger partial charge in [-0.25, -0.2) is 4.79 Å². The lowest BCUT2D eigenvalue weighted by Gasteiger charge is -2.06. The molecule has 21 heavy (non-hydrogen) atoms. The van der Waals surface area contributed by atoms with Gasteiger partial charge in [-0.05, 0) is 42.3 Å². The summed E-state index contributed by atoms with van der Waals surface area (Å²) in [6.45, 7) is 1.89. The SMILES string of the molecule is CC(=Cc1ccc(O)cc1Cl)C(=O)OCc1ccccc1. The molecule has 0 aromatic heterocycles. The van der Waals surface area contributed by atoms with E-state index in [2.05, 4.69) is 0 Å². The van der Waals surface area contributed by atoms with Crippen molar-refractivity contribution in [3.8, 4) is 5.75 Å². The first-order valence-electron chi connectivity index (χ1n) is 6.44. The Bertz CT molecular complexity index is 663. The lowest BCUT2D eigenvalue weighted by molar-refractivity contribution is -0.140. The number of benzene rings is 2. The van der Waals surface area contributed by atoms with Gasteiger partial charge < -0.3 is 9.84 Å². The van der Waals surface area contributed by atoms with Crippen molar-refractivity contribution in [3.63, 3.8) is 0 Å². The normalized spacial score (nSPS) is 11.2. The Kier molecular flexibility index (Phi) is 5.01. The average Bonchev–Trinajstić information content (AvgIpc) is 2.48. The van der Waals surface area contributed by atoms with Crippen LogP contribution < -0.4 is 0 Å². The predicted molar refractivity (Wildman–Crippen MR) is 83.0 cm³/mol. The van der Waals surface area contributed by atoms with Gasteiger partial charge in [0.2, 0.25) is 0 Å². The lowest BCUT2D eigenvalue weighted by Crippen LogP contribution is -2.05. The second-order valence-electron chi connectivity index (χ2n) is 4.59. The van der Waals surface area contributed by atoms with Crippen molar-refractivity contribution in [2.24, 2.45) is 0 Å². The molecular weight excluding hydrogens is 288 g/mol. The summed E-state index contributed by atoms with van der Waals surface area (Å²) in [4.78, 5) is 11.9. The predicted octanol–water partition coefficient (Wildman–Crippen LogP) is 4.19. The maximum absolute atomic E-state index is 11.9. The molecule has 0 saturated carbocycles. The molecule has 0 saturated heterocycles. The number of ether oxygens (including phenoxy) is 1. The first-order chi connectivity index (χ1) is 10.1. The first kappa shape index (κ1) is 15.1. The van der Waals surface area contributed by atoms with E-state index >= 15 is 0 Å². The van der Waals surface area contributed by atoms with Crippen LogP contribution in [0.25, 0.3) is 6.08 Å². The van der Waals surface area contributed by atoms with E-state index in [9.17, 15) is 9.90 Å². The van der Waals surface area contributed by atoms with Crippen LogP contribution in [-0.4, -0.2) is 11.1 Å². The van der Waals surface area contributed by atoms with Crippen molar-refractivity contribution < 1.29 is 14.6 Å². The van der Waals surface area contributed by atoms with Gasteiger partial charge in [0, 0.05) is 5.57 Å². The lowest BCUT2D eigenvalue weighted by atomic mass is 10.1. The van der Waals surface area contributed by atoms with Crippen molar-refractivity contribution >= 4 is 23.6 Å². The highest BCUT2D eigenvalue weighted by molar-refractivity contribution is 6.32. The monoisotopic (exact) mass is 302 g/mol. The molecule has 0 radical (unpaired) electrons. The Morgan fingerprint density at radius 1 is 1.24 bits per heavy atom. The fraction of sp³-hybridized carbons (Fsp3) is 0.118. The van der Waals surface area contributed by atoms with Crippen LogP contribution >= 0.6 is 11.6 Å². The smallest absolute Gasteiger partial charge is 0.334 e. The zero-order valence-electron chi connectivity index (χ0n) is 11.5. The van der Waals surface area contributed by atoms with Crippen molar-refractivity contribution in [2.75, 3.05) is 0 Å². The van der Waals surface area contributed by atoms with Crippen LogP contribution in [0, 0.1) is 0 Å². The molecule has 0 aliphatic rings. The number of phenolic OH excluding ortho intramolecular Hbond substituents is 1. The molecule has 0 spiro atoms. The summed E-state index contributed by atoms with van der Waals surface area (Å²) in [7, 11) is 0. The van der Waals surface area contributed by atoms with Crippen LogP contribution in [-0.2, 0) is 16.1 Å². The molecule has 0 bridgehead atoms. The number of hydrogen-bond donors (Lipinski definition) is 1. The molecule has 4 heteroatoms. The van der Waals surface area contributed by atoms with E-state index < -0.39 is 5.97 Å². The average molecular weight is 303 g/mol. The van der Waals surface area contributed by atoms with Crippen LogP contribution in [0.15, 0.2) is 54.1 Å². The van der Waals surface area contributed by atoms with E-state index in [4.69, 9.17) is 16.3 Å². The first-order valence-corrected chi connectivity index (χ1v) is 6.82. The van der Waals surface area contributed by atoms with Gasteiger partial charge in [-0.2, -0.15) is 0 Å². The van der Waals surface area contributed by atoms with Gasteiger partial charge in [-0.15, -0.1) is 0 Å². The summed E-state index contributed by atoms with van der Waals surface area (Å²) in [6.07, 6.45) is 1.63. The van der Waals surface area contributed by atoms with Crippen molar-refractivity contribution in [1.29, 1.82) is 0 Å². The summed E-state index contributed by atoms with van der Waals surface area (Å²) in [5.41, 5.74) is 2.03. The largest absolute Gasteiger partial charge is 0.508 e. The third kappa shape index (κ3) is 4.36. The molecule has 0 heterocycles. The summed E-state index contributed by atoms with van der Waals surface area (Å²) in [6, 6.07) is 14.1. The van der Waals surface area contributed by atoms with Crippen molar-refractivity contribution in [2.45, 2.75) is 13.5 Å². The third-order valence-electron chi connectivity index (χ3n) is 2.89. The number of phenols is 1. The minimum atomic E-state index is -0.400. The molecule has 1 N–H and O–H groups in total. The molecule has 2 rings (SSSR count). The maximum atomic E-state index is 11.9. The Hall–Kier alpha value is -2.26. The molecular formula is C17H15ClO3. The maximum Gasteiger partial charge on any atom is 0.334 e. The van der Waals surface area contributed by atoms with Crippen LogP contribution in [0.3, 0.4) is 0 Å². The fourth-order valence-electron chi connectivity index (χ4n) is 1.76. The van der Waals surface area contributed by atoms with Gasteiger partial charge in [0.15, 0.2) is 0 Å². The second-order valence-corrected chi connectivity index (χ2v) is 5.00. The summed E-state index contributed by atoms with van der Waals surface area (Å²) in [5, 5.41) is 9.67. The number of esters is 1. The van der Waals surface area contributed by atoms with E-state index in [1.165, 1.54) is 12.1 Å². The quantitative estimate of drug-likeness (QED) is 0.680. The Balaban J connectivity index is 2.03. The summed E-state index contributed by atoms with van der Waals surface area (Å²) in [5.74, 6) is -0.315. The number of hydrogen-bond acceptors (Lipinski definition) is 3. The second kappa shape index (κ2) is 6.95. The van der Waals surface area contributed by atoms with E-state index in [0.29, 0.717) is 16.2 Å². The molecule has 0 aliphatic carbocycles. The van der Waals surface area contributed by atoms with E-state index in [1.807, 2.05) is 30.3 Å². The van der Waals surface area contributed by atoms with E-state index in [0.717, 1.165) is 5.56 Å². The number of carbonyl (C=O) groups excluding carboxylic acids is 1. The van der Waals surface area contributed by atoms with E-state index in [1.54, 1.807) is 19.1 Å². The highest BCUT2D eigenvalue weighted by Gasteiger charge is 2.08. The number of rotatable bonds is 4. The zero-order valence-corrected chi connectivity index (χ0v) is 12.3. The highest BCUT2D eigenvalue weighted by Crippen LogP contribution is 2.23. The van der Waals surface area contributed by atoms with Crippen LogP contribution in [0.2, 0.25) is 5.02 Å². The number of aromatic hydroxyl groups is 1. The fourth-order valence-corrected chi connectivity index (χ4v) is 1.99. The standard InChI is InChI=1S/C17H15ClO3/c1-12(9-14-7-8-15(19)10-16(14)18)17(20)21-11-13-5-3-2-4-6-13/h2-10,19H,11H2,1H3. The number of carbonyl (C=O) groups is 1. The molecule has 0 atom stereocenters. The summed E-state index contributed by atoms with van der Waals surface area (Å²) >= 11 is 5.99. The molecule has 0 amide bonds. The van der Waals surface area contributed by atoms with E-state index in [-0.39, 0.29) is 12.4 Å². The van der Waals surface area contributed by atoms with Gasteiger partial charge in [0.25, 0.3) is 0 Å². The molecule has 2 aromatic carbocycles. The number of halogens is 1. The van der Waals surface area contributed by atoms with Crippen LogP contribution in [0.4, 0.5) is 0 Å². The molecule has 0 aliphatic heterocycles. The zero-order chi connectivity index (χ0) is 15.2. The van der Waals surface area contributed by atoms with Gasteiger partial charge in [-0.1, -0.05) is 41.9 Å². The van der Waals surface area contributed by atoms with Crippen LogP contribution in [0.5, 0.6) is 5.75 Å². The topological polar surface area (TPSA) is 46.5 Å². The Morgan fingerprint density at radius 3 is 2.62 bits per heavy atom. The molecule has 0 fully saturated rings. The van der Waals surface area contributed by atoms with Crippen molar-refractivity contribution in [1.82, 2.24) is 0 Å². The third-order valence-corrected chi connectivity index (χ3v) is 3.22. The minimum absolute atomic E-state index is 0.0847. The minimum Gasteiger partial charge on any atom is -0.508 e. The Morgan fingerprint density at radius 2 is 1.95 bits per heavy atom. The Labute approximate surface area is 128 Å². The van der Waals surface area contributed by atoms with Crippen LogP contribution in [0.1, 0.15) is 18.1 Å². The van der Waals surface area contributed by atoms with Crippen molar-refractivity contribution in [3.05, 3.63) is 70.3 Å². The highest BCUT2D eigenvalue weighted by atomic mass is 35.5. The van der Waals surface area contributed by atoms with Gasteiger partial charge in [0.05, 0.1) is 5.02 Å².